The van der Waals surface area contributed by atoms with Gasteiger partial charge in [0.2, 0.25) is 0 Å². The third-order valence-corrected chi connectivity index (χ3v) is 5.34. The van der Waals surface area contributed by atoms with Gasteiger partial charge in [0.05, 0.1) is 13.7 Å². The molecule has 0 heterocycles. The van der Waals surface area contributed by atoms with Crippen molar-refractivity contribution < 1.29 is 14.3 Å². The lowest BCUT2D eigenvalue weighted by Gasteiger charge is -2.44. The first-order valence-corrected chi connectivity index (χ1v) is 8.51. The zero-order valence-corrected chi connectivity index (χ0v) is 14.8. The summed E-state index contributed by atoms with van der Waals surface area (Å²) >= 11 is 0. The average Bonchev–Trinajstić information content (AvgIpc) is 2.60. The molecule has 3 nitrogen and oxygen atoms in total. The highest BCUT2D eigenvalue weighted by Gasteiger charge is 2.41. The maximum atomic E-state index is 10.7. The molecule has 0 spiro atoms. The van der Waals surface area contributed by atoms with Crippen LogP contribution in [0.25, 0.3) is 0 Å². The Bertz CT molecular complexity index is 575. The Labute approximate surface area is 145 Å². The highest BCUT2D eigenvalue weighted by Crippen LogP contribution is 2.51. The van der Waals surface area contributed by atoms with Crippen LogP contribution in [0.1, 0.15) is 44.1 Å². The fourth-order valence-electron chi connectivity index (χ4n) is 4.06. The highest BCUT2D eigenvalue weighted by molar-refractivity contribution is 5.37. The SMILES string of the molecule is C=CC[C@]1(COC=O)CC[C@@H](C(=C)C)[C@H](c2ccc(OC)cc2)C1. The first-order valence-electron chi connectivity index (χ1n) is 8.51. The first kappa shape index (κ1) is 18.3. The van der Waals surface area contributed by atoms with Gasteiger partial charge in [-0.1, -0.05) is 30.4 Å². The van der Waals surface area contributed by atoms with E-state index >= 15 is 0 Å². The van der Waals surface area contributed by atoms with Crippen molar-refractivity contribution in [2.45, 2.75) is 38.5 Å². The molecule has 3 atom stereocenters. The smallest absolute Gasteiger partial charge is 0.293 e. The van der Waals surface area contributed by atoms with Crippen LogP contribution in [-0.2, 0) is 9.53 Å². The largest absolute Gasteiger partial charge is 0.497 e. The lowest BCUT2D eigenvalue weighted by molar-refractivity contribution is -0.133. The molecular formula is C21H28O3. The quantitative estimate of drug-likeness (QED) is 0.503. The summed E-state index contributed by atoms with van der Waals surface area (Å²) in [5.74, 6) is 1.69. The number of carbonyl (C=O) groups is 1. The maximum absolute atomic E-state index is 10.7. The molecule has 1 saturated carbocycles. The molecule has 0 bridgehead atoms. The van der Waals surface area contributed by atoms with Crippen molar-refractivity contribution in [3.8, 4) is 5.75 Å². The summed E-state index contributed by atoms with van der Waals surface area (Å²) in [6.07, 6.45) is 5.85. The summed E-state index contributed by atoms with van der Waals surface area (Å²) in [7, 11) is 1.68. The maximum Gasteiger partial charge on any atom is 0.293 e. The molecule has 2 rings (SSSR count). The summed E-state index contributed by atoms with van der Waals surface area (Å²) in [5, 5.41) is 0. The number of rotatable bonds is 8. The van der Waals surface area contributed by atoms with E-state index in [-0.39, 0.29) is 5.41 Å². The summed E-state index contributed by atoms with van der Waals surface area (Å²) in [6, 6.07) is 8.31. The van der Waals surface area contributed by atoms with E-state index in [2.05, 4.69) is 32.2 Å². The molecule has 24 heavy (non-hydrogen) atoms. The second-order valence-electron chi connectivity index (χ2n) is 6.98. The number of hydrogen-bond acceptors (Lipinski definition) is 3. The van der Waals surface area contributed by atoms with Crippen LogP contribution in [-0.4, -0.2) is 20.2 Å². The van der Waals surface area contributed by atoms with Crippen LogP contribution in [0.3, 0.4) is 0 Å². The van der Waals surface area contributed by atoms with Gasteiger partial charge >= 0.3 is 0 Å². The van der Waals surface area contributed by atoms with Crippen molar-refractivity contribution in [2.24, 2.45) is 11.3 Å². The van der Waals surface area contributed by atoms with Crippen molar-refractivity contribution in [1.29, 1.82) is 0 Å². The van der Waals surface area contributed by atoms with Gasteiger partial charge in [0, 0.05) is 5.41 Å². The Morgan fingerprint density at radius 1 is 1.38 bits per heavy atom. The molecule has 0 aliphatic heterocycles. The Morgan fingerprint density at radius 3 is 2.62 bits per heavy atom. The van der Waals surface area contributed by atoms with E-state index < -0.39 is 0 Å². The number of benzene rings is 1. The Morgan fingerprint density at radius 2 is 2.08 bits per heavy atom. The van der Waals surface area contributed by atoms with E-state index in [1.54, 1.807) is 7.11 Å². The predicted molar refractivity (Wildman–Crippen MR) is 97.2 cm³/mol. The van der Waals surface area contributed by atoms with Gasteiger partial charge < -0.3 is 9.47 Å². The minimum Gasteiger partial charge on any atom is -0.497 e. The van der Waals surface area contributed by atoms with Gasteiger partial charge in [0.15, 0.2) is 0 Å². The molecule has 1 aromatic rings. The van der Waals surface area contributed by atoms with E-state index in [4.69, 9.17) is 9.47 Å². The van der Waals surface area contributed by atoms with Crippen molar-refractivity contribution in [3.63, 3.8) is 0 Å². The van der Waals surface area contributed by atoms with Gasteiger partial charge in [0.25, 0.3) is 6.47 Å². The molecule has 130 valence electrons. The Kier molecular flexibility index (Phi) is 6.24. The van der Waals surface area contributed by atoms with Gasteiger partial charge in [-0.25, -0.2) is 0 Å². The van der Waals surface area contributed by atoms with E-state index in [1.165, 1.54) is 11.1 Å². The third kappa shape index (κ3) is 4.08. The highest BCUT2D eigenvalue weighted by atomic mass is 16.5. The molecule has 0 unspecified atom stereocenters. The van der Waals surface area contributed by atoms with Crippen molar-refractivity contribution in [2.75, 3.05) is 13.7 Å². The molecule has 3 heteroatoms. The molecule has 0 radical (unpaired) electrons. The Balaban J connectivity index is 2.31. The summed E-state index contributed by atoms with van der Waals surface area (Å²) in [6.45, 7) is 11.2. The predicted octanol–water partition coefficient (Wildman–Crippen LogP) is 4.89. The third-order valence-electron chi connectivity index (χ3n) is 5.34. The molecule has 0 aromatic heterocycles. The molecule has 1 aliphatic carbocycles. The van der Waals surface area contributed by atoms with Gasteiger partial charge in [-0.15, -0.1) is 6.58 Å². The number of hydrogen-bond donors (Lipinski definition) is 0. The van der Waals surface area contributed by atoms with Crippen LogP contribution >= 0.6 is 0 Å². The van der Waals surface area contributed by atoms with Gasteiger partial charge in [0.1, 0.15) is 5.75 Å². The van der Waals surface area contributed by atoms with Crippen molar-refractivity contribution in [3.05, 3.63) is 54.6 Å². The Hall–Kier alpha value is -2.03. The summed E-state index contributed by atoms with van der Waals surface area (Å²) in [4.78, 5) is 10.7. The molecular weight excluding hydrogens is 300 g/mol. The number of methoxy groups -OCH3 is 1. The van der Waals surface area contributed by atoms with Crippen LogP contribution in [0.5, 0.6) is 5.75 Å². The zero-order valence-electron chi connectivity index (χ0n) is 14.8. The molecule has 0 saturated heterocycles. The van der Waals surface area contributed by atoms with Crippen LogP contribution in [0, 0.1) is 11.3 Å². The van der Waals surface area contributed by atoms with E-state index in [0.29, 0.717) is 24.9 Å². The van der Waals surface area contributed by atoms with Crippen molar-refractivity contribution >= 4 is 6.47 Å². The number of carbonyl (C=O) groups excluding carboxylic acids is 1. The van der Waals surface area contributed by atoms with Gasteiger partial charge in [-0.05, 0) is 62.1 Å². The average molecular weight is 328 g/mol. The first-order chi connectivity index (χ1) is 11.5. The minimum absolute atomic E-state index is 0.0286. The molecule has 0 amide bonds. The topological polar surface area (TPSA) is 35.5 Å². The summed E-state index contributed by atoms with van der Waals surface area (Å²) < 4.78 is 10.4. The lowest BCUT2D eigenvalue weighted by atomic mass is 9.61. The fourth-order valence-corrected chi connectivity index (χ4v) is 4.06. The normalized spacial score (nSPS) is 26.4. The fraction of sp³-hybridized carbons (Fsp3) is 0.476. The number of allylic oxidation sites excluding steroid dienone is 2. The van der Waals surface area contributed by atoms with Crippen LogP contribution in [0.15, 0.2) is 49.1 Å². The van der Waals surface area contributed by atoms with E-state index in [9.17, 15) is 4.79 Å². The van der Waals surface area contributed by atoms with Crippen LogP contribution in [0.2, 0.25) is 0 Å². The van der Waals surface area contributed by atoms with Crippen LogP contribution in [0.4, 0.5) is 0 Å². The van der Waals surface area contributed by atoms with Crippen molar-refractivity contribution in [1.82, 2.24) is 0 Å². The van der Waals surface area contributed by atoms with Gasteiger partial charge in [-0.3, -0.25) is 4.79 Å². The van der Waals surface area contributed by atoms with E-state index in [0.717, 1.165) is 31.4 Å². The standard InChI is InChI=1S/C21H28O3/c1-5-11-21(14-24-15-22)12-10-19(16(2)3)20(13-21)17-6-8-18(23-4)9-7-17/h5-9,15,19-20H,1-2,10-14H2,3-4H3/t19-,20-,21-/m0/s1. The zero-order chi connectivity index (χ0) is 17.6. The van der Waals surface area contributed by atoms with Gasteiger partial charge in [-0.2, -0.15) is 0 Å². The minimum atomic E-state index is -0.0286. The second-order valence-corrected chi connectivity index (χ2v) is 6.98. The molecule has 1 aromatic carbocycles. The molecule has 1 aliphatic rings. The monoisotopic (exact) mass is 328 g/mol. The van der Waals surface area contributed by atoms with Crippen LogP contribution < -0.4 is 4.74 Å². The van der Waals surface area contributed by atoms with E-state index in [1.807, 2.05) is 18.2 Å². The number of ether oxygens (including phenoxy) is 2. The lowest BCUT2D eigenvalue weighted by Crippen LogP contribution is -2.36. The molecule has 1 fully saturated rings. The second kappa shape index (κ2) is 8.18. The summed E-state index contributed by atoms with van der Waals surface area (Å²) in [5.41, 5.74) is 2.49. The molecule has 0 N–H and O–H groups in total.